The fourth-order valence-corrected chi connectivity index (χ4v) is 2.02. The number of rotatable bonds is 3. The fourth-order valence-electron chi connectivity index (χ4n) is 2.02. The van der Waals surface area contributed by atoms with Crippen LogP contribution >= 0.6 is 0 Å². The number of nitrogens with zero attached hydrogens (tertiary/aromatic N) is 3. The van der Waals surface area contributed by atoms with Crippen molar-refractivity contribution in [3.63, 3.8) is 0 Å². The SMILES string of the molecule is CN(C(=O)c1cn(C)cn1)C1COCC1C(=O)O. The number of aliphatic carboxylic acids is 1. The molecule has 0 spiro atoms. The lowest BCUT2D eigenvalue weighted by molar-refractivity contribution is -0.142. The highest BCUT2D eigenvalue weighted by Crippen LogP contribution is 2.20. The van der Waals surface area contributed by atoms with E-state index in [9.17, 15) is 9.59 Å². The Hall–Kier alpha value is -1.89. The van der Waals surface area contributed by atoms with Gasteiger partial charge in [0.15, 0.2) is 0 Å². The third-order valence-corrected chi connectivity index (χ3v) is 3.11. The van der Waals surface area contributed by atoms with Crippen molar-refractivity contribution in [3.05, 3.63) is 18.2 Å². The first-order valence-corrected chi connectivity index (χ1v) is 5.56. The van der Waals surface area contributed by atoms with Crippen molar-refractivity contribution >= 4 is 11.9 Å². The molecule has 2 atom stereocenters. The predicted molar refractivity (Wildman–Crippen MR) is 61.0 cm³/mol. The summed E-state index contributed by atoms with van der Waals surface area (Å²) in [5.41, 5.74) is 0.302. The molecule has 0 bridgehead atoms. The first-order chi connectivity index (χ1) is 8.50. The van der Waals surface area contributed by atoms with Crippen LogP contribution in [0.25, 0.3) is 0 Å². The largest absolute Gasteiger partial charge is 0.481 e. The van der Waals surface area contributed by atoms with E-state index in [4.69, 9.17) is 9.84 Å². The van der Waals surface area contributed by atoms with Crippen LogP contribution in [0.15, 0.2) is 12.5 Å². The predicted octanol–water partition coefficient (Wildman–Crippen LogP) is -0.408. The van der Waals surface area contributed by atoms with Gasteiger partial charge in [0.1, 0.15) is 11.6 Å². The molecule has 1 aliphatic heterocycles. The van der Waals surface area contributed by atoms with E-state index in [-0.39, 0.29) is 19.1 Å². The zero-order chi connectivity index (χ0) is 13.3. The summed E-state index contributed by atoms with van der Waals surface area (Å²) >= 11 is 0. The first-order valence-electron chi connectivity index (χ1n) is 5.56. The molecule has 1 N–H and O–H groups in total. The molecule has 1 aromatic heterocycles. The molecule has 1 amide bonds. The molecule has 0 radical (unpaired) electrons. The molecule has 0 saturated carbocycles. The van der Waals surface area contributed by atoms with Crippen molar-refractivity contribution in [2.75, 3.05) is 20.3 Å². The molecule has 2 unspecified atom stereocenters. The second-order valence-electron chi connectivity index (χ2n) is 4.39. The van der Waals surface area contributed by atoms with Gasteiger partial charge in [-0.15, -0.1) is 0 Å². The van der Waals surface area contributed by atoms with Gasteiger partial charge in [-0.05, 0) is 0 Å². The number of carbonyl (C=O) groups excluding carboxylic acids is 1. The van der Waals surface area contributed by atoms with Crippen molar-refractivity contribution in [1.82, 2.24) is 14.5 Å². The number of imidazole rings is 1. The van der Waals surface area contributed by atoms with Crippen molar-refractivity contribution in [2.45, 2.75) is 6.04 Å². The number of carbonyl (C=O) groups is 2. The Morgan fingerprint density at radius 3 is 2.83 bits per heavy atom. The molecule has 18 heavy (non-hydrogen) atoms. The maximum Gasteiger partial charge on any atom is 0.311 e. The standard InChI is InChI=1S/C11H15N3O4/c1-13-3-8(12-6-13)10(15)14(2)9-5-18-4-7(9)11(16)17/h3,6-7,9H,4-5H2,1-2H3,(H,16,17). The van der Waals surface area contributed by atoms with Gasteiger partial charge in [-0.1, -0.05) is 0 Å². The lowest BCUT2D eigenvalue weighted by Crippen LogP contribution is -2.44. The summed E-state index contributed by atoms with van der Waals surface area (Å²) in [5, 5.41) is 9.05. The minimum atomic E-state index is -0.946. The molecule has 1 aliphatic rings. The molecule has 0 aliphatic carbocycles. The molecule has 7 heteroatoms. The van der Waals surface area contributed by atoms with Crippen LogP contribution in [0.2, 0.25) is 0 Å². The molecule has 7 nitrogen and oxygen atoms in total. The van der Waals surface area contributed by atoms with Crippen molar-refractivity contribution in [3.8, 4) is 0 Å². The van der Waals surface area contributed by atoms with Crippen molar-refractivity contribution in [2.24, 2.45) is 13.0 Å². The molecule has 1 aromatic rings. The van der Waals surface area contributed by atoms with Crippen LogP contribution in [-0.2, 0) is 16.6 Å². The highest BCUT2D eigenvalue weighted by Gasteiger charge is 2.39. The van der Waals surface area contributed by atoms with Crippen LogP contribution in [-0.4, -0.2) is 57.7 Å². The van der Waals surface area contributed by atoms with Crippen LogP contribution in [0.1, 0.15) is 10.5 Å². The van der Waals surface area contributed by atoms with Crippen molar-refractivity contribution in [1.29, 1.82) is 0 Å². The van der Waals surface area contributed by atoms with E-state index < -0.39 is 17.9 Å². The zero-order valence-corrected chi connectivity index (χ0v) is 10.2. The zero-order valence-electron chi connectivity index (χ0n) is 10.2. The van der Waals surface area contributed by atoms with Crippen LogP contribution in [0.4, 0.5) is 0 Å². The van der Waals surface area contributed by atoms with E-state index in [1.54, 1.807) is 24.9 Å². The van der Waals surface area contributed by atoms with Crippen LogP contribution < -0.4 is 0 Å². The van der Waals surface area contributed by atoms with Gasteiger partial charge >= 0.3 is 5.97 Å². The third-order valence-electron chi connectivity index (χ3n) is 3.11. The summed E-state index contributed by atoms with van der Waals surface area (Å²) in [6, 6.07) is -0.447. The molecule has 98 valence electrons. The Morgan fingerprint density at radius 2 is 2.28 bits per heavy atom. The lowest BCUT2D eigenvalue weighted by atomic mass is 10.0. The van der Waals surface area contributed by atoms with Gasteiger partial charge in [-0.25, -0.2) is 4.98 Å². The Balaban J connectivity index is 2.13. The van der Waals surface area contributed by atoms with Gasteiger partial charge in [0.2, 0.25) is 0 Å². The second-order valence-corrected chi connectivity index (χ2v) is 4.39. The maximum absolute atomic E-state index is 12.1. The number of aromatic nitrogens is 2. The minimum absolute atomic E-state index is 0.139. The summed E-state index contributed by atoms with van der Waals surface area (Å²) in [4.78, 5) is 28.5. The average Bonchev–Trinajstić information content (AvgIpc) is 2.95. The Bertz CT molecular complexity index is 471. The number of ether oxygens (including phenoxy) is 1. The topological polar surface area (TPSA) is 84.7 Å². The smallest absolute Gasteiger partial charge is 0.311 e. The Labute approximate surface area is 104 Å². The fraction of sp³-hybridized carbons (Fsp3) is 0.545. The van der Waals surface area contributed by atoms with Gasteiger partial charge in [0, 0.05) is 20.3 Å². The first kappa shape index (κ1) is 12.6. The lowest BCUT2D eigenvalue weighted by Gasteiger charge is -2.25. The van der Waals surface area contributed by atoms with E-state index in [0.717, 1.165) is 0 Å². The van der Waals surface area contributed by atoms with E-state index in [1.807, 2.05) is 0 Å². The summed E-state index contributed by atoms with van der Waals surface area (Å²) in [7, 11) is 3.34. The number of aryl methyl sites for hydroxylation is 1. The highest BCUT2D eigenvalue weighted by atomic mass is 16.5. The van der Waals surface area contributed by atoms with E-state index in [2.05, 4.69) is 4.98 Å². The summed E-state index contributed by atoms with van der Waals surface area (Å²) in [5.74, 6) is -1.92. The molecular weight excluding hydrogens is 238 g/mol. The summed E-state index contributed by atoms with van der Waals surface area (Å²) < 4.78 is 6.81. The van der Waals surface area contributed by atoms with Gasteiger partial charge in [0.25, 0.3) is 5.91 Å². The summed E-state index contributed by atoms with van der Waals surface area (Å²) in [6.45, 7) is 0.381. The quantitative estimate of drug-likeness (QED) is 0.791. The van der Waals surface area contributed by atoms with E-state index in [1.165, 1.54) is 11.2 Å². The number of carboxylic acids is 1. The van der Waals surface area contributed by atoms with Crippen LogP contribution in [0.5, 0.6) is 0 Å². The maximum atomic E-state index is 12.1. The molecule has 0 aromatic carbocycles. The summed E-state index contributed by atoms with van der Waals surface area (Å²) in [6.07, 6.45) is 3.13. The third kappa shape index (κ3) is 2.21. The van der Waals surface area contributed by atoms with E-state index in [0.29, 0.717) is 5.69 Å². The van der Waals surface area contributed by atoms with Gasteiger partial charge in [0.05, 0.1) is 25.6 Å². The second kappa shape index (κ2) is 4.77. The number of carboxylic acid groups (broad SMARTS) is 1. The Kier molecular flexibility index (Phi) is 3.33. The number of amides is 1. The normalized spacial score (nSPS) is 23.0. The molecule has 2 heterocycles. The van der Waals surface area contributed by atoms with E-state index >= 15 is 0 Å². The average molecular weight is 253 g/mol. The monoisotopic (exact) mass is 253 g/mol. The van der Waals surface area contributed by atoms with Gasteiger partial charge < -0.3 is 19.3 Å². The van der Waals surface area contributed by atoms with Gasteiger partial charge in [-0.2, -0.15) is 0 Å². The number of likely N-dealkylation sites (N-methyl/N-ethyl adjacent to an activating group) is 1. The van der Waals surface area contributed by atoms with Gasteiger partial charge in [-0.3, -0.25) is 9.59 Å². The Morgan fingerprint density at radius 1 is 1.56 bits per heavy atom. The van der Waals surface area contributed by atoms with Crippen LogP contribution in [0.3, 0.4) is 0 Å². The molecular formula is C11H15N3O4. The van der Waals surface area contributed by atoms with Crippen molar-refractivity contribution < 1.29 is 19.4 Å². The molecule has 1 fully saturated rings. The highest BCUT2D eigenvalue weighted by molar-refractivity contribution is 5.92. The molecule has 1 saturated heterocycles. The minimum Gasteiger partial charge on any atom is -0.481 e. The molecule has 2 rings (SSSR count). The number of hydrogen-bond acceptors (Lipinski definition) is 4. The van der Waals surface area contributed by atoms with Crippen LogP contribution in [0, 0.1) is 5.92 Å². The number of hydrogen-bond donors (Lipinski definition) is 1.